The topological polar surface area (TPSA) is 90.5 Å². The van der Waals surface area contributed by atoms with Crippen LogP contribution in [0.5, 0.6) is 0 Å². The molecule has 2 heterocycles. The van der Waals surface area contributed by atoms with E-state index in [0.29, 0.717) is 25.6 Å². The Morgan fingerprint density at radius 3 is 2.83 bits per heavy atom. The number of carbonyl (C=O) groups excluding carboxylic acids is 3. The maximum Gasteiger partial charge on any atom is 0.322 e. The van der Waals surface area contributed by atoms with E-state index < -0.39 is 11.6 Å². The summed E-state index contributed by atoms with van der Waals surface area (Å²) in [5.41, 5.74) is -0.897. The van der Waals surface area contributed by atoms with Gasteiger partial charge in [-0.2, -0.15) is 0 Å². The van der Waals surface area contributed by atoms with Gasteiger partial charge in [0.15, 0.2) is 0 Å². The van der Waals surface area contributed by atoms with Crippen molar-refractivity contribution >= 4 is 17.8 Å². The number of urea groups is 1. The monoisotopic (exact) mass is 252 g/mol. The normalized spacial score (nSPS) is 30.8. The van der Waals surface area contributed by atoms with Crippen LogP contribution in [0.15, 0.2) is 0 Å². The molecule has 0 bridgehead atoms. The highest BCUT2D eigenvalue weighted by Crippen LogP contribution is 2.24. The third kappa shape index (κ3) is 1.94. The van der Waals surface area contributed by atoms with Gasteiger partial charge in [0.05, 0.1) is 13.1 Å². The summed E-state index contributed by atoms with van der Waals surface area (Å²) in [6, 6.07) is 0.0189. The Balaban J connectivity index is 1.58. The van der Waals surface area contributed by atoms with E-state index in [1.807, 2.05) is 0 Å². The summed E-state index contributed by atoms with van der Waals surface area (Å²) in [5, 5.41) is 8.01. The number of rotatable bonds is 3. The van der Waals surface area contributed by atoms with Crippen LogP contribution in [-0.2, 0) is 9.59 Å². The summed E-state index contributed by atoms with van der Waals surface area (Å²) in [6.45, 7) is 1.10. The number of imide groups is 1. The summed E-state index contributed by atoms with van der Waals surface area (Å²) in [4.78, 5) is 36.4. The zero-order valence-electron chi connectivity index (χ0n) is 9.99. The van der Waals surface area contributed by atoms with Gasteiger partial charge < -0.3 is 15.5 Å². The molecule has 3 aliphatic rings. The van der Waals surface area contributed by atoms with Gasteiger partial charge in [0.1, 0.15) is 5.54 Å². The molecule has 7 nitrogen and oxygen atoms in total. The summed E-state index contributed by atoms with van der Waals surface area (Å²) in [7, 11) is 0. The smallest absolute Gasteiger partial charge is 0.322 e. The highest BCUT2D eigenvalue weighted by Gasteiger charge is 2.51. The number of amides is 4. The van der Waals surface area contributed by atoms with E-state index in [1.54, 1.807) is 4.90 Å². The third-order valence-corrected chi connectivity index (χ3v) is 3.76. The third-order valence-electron chi connectivity index (χ3n) is 3.76. The molecule has 98 valence electrons. The number of nitrogens with zero attached hydrogens (tertiary/aromatic N) is 1. The molecule has 1 aliphatic carbocycles. The van der Waals surface area contributed by atoms with Crippen molar-refractivity contribution in [1.82, 2.24) is 20.9 Å². The van der Waals surface area contributed by atoms with Crippen LogP contribution >= 0.6 is 0 Å². The molecule has 3 N–H and O–H groups in total. The summed E-state index contributed by atoms with van der Waals surface area (Å²) >= 11 is 0. The van der Waals surface area contributed by atoms with Crippen LogP contribution in [0, 0.1) is 0 Å². The first kappa shape index (κ1) is 11.5. The SMILES string of the molecule is O=C1NC(=O)C2(CCN(C(=O)CNC3CC3)C2)N1. The molecule has 18 heavy (non-hydrogen) atoms. The van der Waals surface area contributed by atoms with Gasteiger partial charge >= 0.3 is 6.03 Å². The number of likely N-dealkylation sites (tertiary alicyclic amines) is 1. The second-order valence-electron chi connectivity index (χ2n) is 5.21. The van der Waals surface area contributed by atoms with Gasteiger partial charge in [-0.15, -0.1) is 0 Å². The lowest BCUT2D eigenvalue weighted by Gasteiger charge is -2.21. The number of hydrogen-bond donors (Lipinski definition) is 3. The Labute approximate surface area is 104 Å². The van der Waals surface area contributed by atoms with Crippen molar-refractivity contribution in [2.75, 3.05) is 19.6 Å². The van der Waals surface area contributed by atoms with Gasteiger partial charge in [0.2, 0.25) is 5.91 Å². The van der Waals surface area contributed by atoms with Crippen LogP contribution in [0.2, 0.25) is 0 Å². The van der Waals surface area contributed by atoms with Crippen LogP contribution in [-0.4, -0.2) is 54.0 Å². The standard InChI is InChI=1S/C11H16N4O3/c16-8(5-12-7-1-2-7)15-4-3-11(6-15)9(17)13-10(18)14-11/h7,12H,1-6H2,(H2,13,14,17,18). The fourth-order valence-electron chi connectivity index (χ4n) is 2.47. The lowest BCUT2D eigenvalue weighted by molar-refractivity contribution is -0.130. The molecule has 7 heteroatoms. The zero-order valence-corrected chi connectivity index (χ0v) is 9.99. The Hall–Kier alpha value is -1.63. The second-order valence-corrected chi connectivity index (χ2v) is 5.21. The molecule has 2 saturated heterocycles. The molecule has 0 radical (unpaired) electrons. The van der Waals surface area contributed by atoms with Crippen LogP contribution in [0.3, 0.4) is 0 Å². The fraction of sp³-hybridized carbons (Fsp3) is 0.727. The summed E-state index contributed by atoms with van der Waals surface area (Å²) in [5.74, 6) is -0.328. The van der Waals surface area contributed by atoms with Crippen molar-refractivity contribution in [3.05, 3.63) is 0 Å². The maximum atomic E-state index is 11.9. The molecule has 1 unspecified atom stereocenters. The Morgan fingerprint density at radius 2 is 2.22 bits per heavy atom. The largest absolute Gasteiger partial charge is 0.339 e. The molecule has 3 rings (SSSR count). The Morgan fingerprint density at radius 1 is 1.44 bits per heavy atom. The van der Waals surface area contributed by atoms with Gasteiger partial charge in [-0.1, -0.05) is 0 Å². The molecule has 3 fully saturated rings. The minimum Gasteiger partial charge on any atom is -0.339 e. The van der Waals surface area contributed by atoms with E-state index in [0.717, 1.165) is 12.8 Å². The van der Waals surface area contributed by atoms with E-state index in [4.69, 9.17) is 0 Å². The van der Waals surface area contributed by atoms with Crippen LogP contribution < -0.4 is 16.0 Å². The van der Waals surface area contributed by atoms with Crippen molar-refractivity contribution in [2.24, 2.45) is 0 Å². The van der Waals surface area contributed by atoms with E-state index in [2.05, 4.69) is 16.0 Å². The van der Waals surface area contributed by atoms with Gasteiger partial charge in [-0.05, 0) is 19.3 Å². The van der Waals surface area contributed by atoms with Crippen molar-refractivity contribution in [3.63, 3.8) is 0 Å². The Bertz CT molecular complexity index is 421. The first-order chi connectivity index (χ1) is 8.59. The molecule has 1 spiro atoms. The highest BCUT2D eigenvalue weighted by atomic mass is 16.2. The minimum absolute atomic E-state index is 0.00674. The highest BCUT2D eigenvalue weighted by molar-refractivity contribution is 6.07. The maximum absolute atomic E-state index is 11.9. The van der Waals surface area contributed by atoms with Gasteiger partial charge in [-0.25, -0.2) is 4.79 Å². The average molecular weight is 252 g/mol. The first-order valence-electron chi connectivity index (χ1n) is 6.24. The molecular formula is C11H16N4O3. The first-order valence-corrected chi connectivity index (χ1v) is 6.24. The number of carbonyl (C=O) groups is 3. The Kier molecular flexibility index (Phi) is 2.51. The minimum atomic E-state index is -0.897. The molecule has 0 aromatic rings. The molecular weight excluding hydrogens is 236 g/mol. The molecule has 1 saturated carbocycles. The average Bonchev–Trinajstić information content (AvgIpc) is 2.99. The molecule has 4 amide bonds. The lowest BCUT2D eigenvalue weighted by atomic mass is 10.00. The quantitative estimate of drug-likeness (QED) is 0.536. The van der Waals surface area contributed by atoms with Crippen LogP contribution in [0.1, 0.15) is 19.3 Å². The molecule has 0 aromatic carbocycles. The molecule has 2 aliphatic heterocycles. The molecule has 0 aromatic heterocycles. The number of nitrogens with one attached hydrogen (secondary N) is 3. The second kappa shape index (κ2) is 3.94. The number of hydrogen-bond acceptors (Lipinski definition) is 4. The van der Waals surface area contributed by atoms with Crippen LogP contribution in [0.4, 0.5) is 4.79 Å². The van der Waals surface area contributed by atoms with Gasteiger partial charge in [0, 0.05) is 12.6 Å². The van der Waals surface area contributed by atoms with Gasteiger partial charge in [-0.3, -0.25) is 14.9 Å². The van der Waals surface area contributed by atoms with Crippen molar-refractivity contribution < 1.29 is 14.4 Å². The zero-order chi connectivity index (χ0) is 12.8. The fourth-order valence-corrected chi connectivity index (χ4v) is 2.47. The summed E-state index contributed by atoms with van der Waals surface area (Å²) < 4.78 is 0. The predicted molar refractivity (Wildman–Crippen MR) is 61.6 cm³/mol. The lowest BCUT2D eigenvalue weighted by Crippen LogP contribution is -2.50. The molecule has 1 atom stereocenters. The van der Waals surface area contributed by atoms with Crippen molar-refractivity contribution in [1.29, 1.82) is 0 Å². The van der Waals surface area contributed by atoms with Gasteiger partial charge in [0.25, 0.3) is 5.91 Å². The van der Waals surface area contributed by atoms with E-state index >= 15 is 0 Å². The van der Waals surface area contributed by atoms with Crippen molar-refractivity contribution in [3.8, 4) is 0 Å². The van der Waals surface area contributed by atoms with E-state index in [9.17, 15) is 14.4 Å². The predicted octanol–water partition coefficient (Wildman–Crippen LogP) is -1.45. The van der Waals surface area contributed by atoms with E-state index in [-0.39, 0.29) is 18.4 Å². The van der Waals surface area contributed by atoms with E-state index in [1.165, 1.54) is 0 Å². The van der Waals surface area contributed by atoms with Crippen LogP contribution in [0.25, 0.3) is 0 Å². The van der Waals surface area contributed by atoms with Crippen molar-refractivity contribution in [2.45, 2.75) is 30.8 Å². The summed E-state index contributed by atoms with van der Waals surface area (Å²) in [6.07, 6.45) is 2.76.